The molecule has 2 atom stereocenters. The summed E-state index contributed by atoms with van der Waals surface area (Å²) < 4.78 is 10.6. The van der Waals surface area contributed by atoms with E-state index in [0.717, 1.165) is 5.56 Å². The molecule has 0 aliphatic carbocycles. The number of carbonyl (C=O) groups is 2. The quantitative estimate of drug-likeness (QED) is 0.914. The van der Waals surface area contributed by atoms with Gasteiger partial charge >= 0.3 is 12.1 Å². The fourth-order valence-corrected chi connectivity index (χ4v) is 3.18. The SMILES string of the molecule is COC[C@]1(C(=O)O)CC[C@@H](c2ccccc2)N1C(=O)OC(C)(C)C. The van der Waals surface area contributed by atoms with E-state index in [-0.39, 0.29) is 12.6 Å². The number of ether oxygens (including phenoxy) is 2. The van der Waals surface area contributed by atoms with Gasteiger partial charge in [-0.05, 0) is 39.2 Å². The smallest absolute Gasteiger partial charge is 0.411 e. The number of hydrogen-bond donors (Lipinski definition) is 1. The summed E-state index contributed by atoms with van der Waals surface area (Å²) in [4.78, 5) is 26.2. The van der Waals surface area contributed by atoms with Crippen molar-refractivity contribution >= 4 is 12.1 Å². The van der Waals surface area contributed by atoms with Crippen molar-refractivity contribution < 1.29 is 24.2 Å². The van der Waals surface area contributed by atoms with Gasteiger partial charge in [0.25, 0.3) is 0 Å². The van der Waals surface area contributed by atoms with Gasteiger partial charge < -0.3 is 14.6 Å². The number of likely N-dealkylation sites (tertiary alicyclic amines) is 1. The molecule has 0 bridgehead atoms. The number of amides is 1. The maximum atomic E-state index is 12.8. The molecule has 0 radical (unpaired) electrons. The van der Waals surface area contributed by atoms with Crippen LogP contribution in [0.4, 0.5) is 4.79 Å². The molecule has 1 aliphatic heterocycles. The second-order valence-electron chi connectivity index (χ2n) is 7.09. The zero-order valence-electron chi connectivity index (χ0n) is 14.6. The molecular weight excluding hydrogens is 310 g/mol. The van der Waals surface area contributed by atoms with Crippen LogP contribution in [-0.4, -0.2) is 46.9 Å². The standard InChI is InChI=1S/C18H25NO5/c1-17(2,3)24-16(22)19-14(13-8-6-5-7-9-13)10-11-18(19,12-23-4)15(20)21/h5-9,14H,10-12H2,1-4H3,(H,20,21)/t14-,18-/m0/s1. The van der Waals surface area contributed by atoms with Crippen LogP contribution in [0.1, 0.15) is 45.2 Å². The highest BCUT2D eigenvalue weighted by molar-refractivity contribution is 5.86. The van der Waals surface area contributed by atoms with Crippen LogP contribution in [0, 0.1) is 0 Å². The van der Waals surface area contributed by atoms with Crippen LogP contribution in [0.3, 0.4) is 0 Å². The molecule has 0 saturated carbocycles. The number of carbonyl (C=O) groups excluding carboxylic acids is 1. The van der Waals surface area contributed by atoms with Gasteiger partial charge in [-0.3, -0.25) is 4.90 Å². The Bertz CT molecular complexity index is 595. The van der Waals surface area contributed by atoms with E-state index in [1.54, 1.807) is 20.8 Å². The van der Waals surface area contributed by atoms with Crippen molar-refractivity contribution in [1.82, 2.24) is 4.90 Å². The molecule has 0 aromatic heterocycles. The third-order valence-corrected chi connectivity index (χ3v) is 4.16. The maximum Gasteiger partial charge on any atom is 0.411 e. The summed E-state index contributed by atoms with van der Waals surface area (Å²) in [6.45, 7) is 5.21. The number of nitrogens with zero attached hydrogens (tertiary/aromatic N) is 1. The molecule has 6 nitrogen and oxygen atoms in total. The molecule has 0 unspecified atom stereocenters. The van der Waals surface area contributed by atoms with Gasteiger partial charge in [0, 0.05) is 7.11 Å². The first-order valence-electron chi connectivity index (χ1n) is 8.01. The van der Waals surface area contributed by atoms with E-state index in [1.165, 1.54) is 12.0 Å². The number of aliphatic carboxylic acids is 1. The lowest BCUT2D eigenvalue weighted by atomic mass is 9.97. The Labute approximate surface area is 142 Å². The molecule has 1 fully saturated rings. The Balaban J connectivity index is 2.46. The molecular formula is C18H25NO5. The summed E-state index contributed by atoms with van der Waals surface area (Å²) in [5, 5.41) is 9.85. The molecule has 2 rings (SSSR count). The molecule has 6 heteroatoms. The number of methoxy groups -OCH3 is 1. The van der Waals surface area contributed by atoms with Crippen molar-refractivity contribution in [2.75, 3.05) is 13.7 Å². The van der Waals surface area contributed by atoms with Crippen molar-refractivity contribution in [2.24, 2.45) is 0 Å². The molecule has 1 amide bonds. The lowest BCUT2D eigenvalue weighted by Crippen LogP contribution is -2.57. The molecule has 24 heavy (non-hydrogen) atoms. The van der Waals surface area contributed by atoms with Gasteiger partial charge in [-0.2, -0.15) is 0 Å². The van der Waals surface area contributed by atoms with Gasteiger partial charge in [-0.15, -0.1) is 0 Å². The molecule has 1 aromatic carbocycles. The summed E-state index contributed by atoms with van der Waals surface area (Å²) in [7, 11) is 1.44. The Morgan fingerprint density at radius 2 is 1.92 bits per heavy atom. The largest absolute Gasteiger partial charge is 0.479 e. The van der Waals surface area contributed by atoms with Gasteiger partial charge in [0.2, 0.25) is 0 Å². The molecule has 1 aliphatic rings. The minimum atomic E-state index is -1.42. The third-order valence-electron chi connectivity index (χ3n) is 4.16. The van der Waals surface area contributed by atoms with Gasteiger partial charge in [0.15, 0.2) is 5.54 Å². The molecule has 1 aromatic rings. The number of carboxylic acids is 1. The topological polar surface area (TPSA) is 76.1 Å². The molecule has 1 N–H and O–H groups in total. The van der Waals surface area contributed by atoms with Crippen molar-refractivity contribution in [3.05, 3.63) is 35.9 Å². The van der Waals surface area contributed by atoms with Crippen LogP contribution in [0.15, 0.2) is 30.3 Å². The highest BCUT2D eigenvalue weighted by Crippen LogP contribution is 2.44. The van der Waals surface area contributed by atoms with Crippen molar-refractivity contribution in [3.63, 3.8) is 0 Å². The second-order valence-corrected chi connectivity index (χ2v) is 7.09. The van der Waals surface area contributed by atoms with Crippen molar-refractivity contribution in [1.29, 1.82) is 0 Å². The van der Waals surface area contributed by atoms with Gasteiger partial charge in [0.05, 0.1) is 12.6 Å². The number of rotatable bonds is 4. The van der Waals surface area contributed by atoms with Crippen LogP contribution in [0.5, 0.6) is 0 Å². The van der Waals surface area contributed by atoms with Crippen LogP contribution in [0.25, 0.3) is 0 Å². The highest BCUT2D eigenvalue weighted by Gasteiger charge is 2.56. The first-order chi connectivity index (χ1) is 11.2. The summed E-state index contributed by atoms with van der Waals surface area (Å²) in [5.74, 6) is -1.08. The summed E-state index contributed by atoms with van der Waals surface area (Å²) in [5.41, 5.74) is -1.24. The predicted octanol–water partition coefficient (Wildman–Crippen LogP) is 3.23. The monoisotopic (exact) mass is 335 g/mol. The van der Waals surface area contributed by atoms with E-state index in [1.807, 2.05) is 30.3 Å². The lowest BCUT2D eigenvalue weighted by molar-refractivity contribution is -0.153. The Kier molecular flexibility index (Phi) is 5.18. The minimum absolute atomic E-state index is 0.0785. The Hall–Kier alpha value is -2.08. The molecule has 132 valence electrons. The second kappa shape index (κ2) is 6.81. The van der Waals surface area contributed by atoms with Crippen molar-refractivity contribution in [3.8, 4) is 0 Å². The van der Waals surface area contributed by atoms with E-state index >= 15 is 0 Å². The highest BCUT2D eigenvalue weighted by atomic mass is 16.6. The molecule has 1 heterocycles. The zero-order chi connectivity index (χ0) is 18.0. The van der Waals surface area contributed by atoms with Gasteiger partial charge in [-0.1, -0.05) is 30.3 Å². The van der Waals surface area contributed by atoms with E-state index in [9.17, 15) is 14.7 Å². The fraction of sp³-hybridized carbons (Fsp3) is 0.556. The Morgan fingerprint density at radius 1 is 1.29 bits per heavy atom. The normalized spacial score (nSPS) is 24.0. The third kappa shape index (κ3) is 3.53. The maximum absolute atomic E-state index is 12.8. The van der Waals surface area contributed by atoms with Gasteiger partial charge in [0.1, 0.15) is 5.60 Å². The average Bonchev–Trinajstić information content (AvgIpc) is 2.87. The first-order valence-corrected chi connectivity index (χ1v) is 8.01. The summed E-state index contributed by atoms with van der Waals surface area (Å²) in [6, 6.07) is 9.07. The number of benzene rings is 1. The first kappa shape index (κ1) is 18.3. The summed E-state index contributed by atoms with van der Waals surface area (Å²) in [6.07, 6.45) is 0.224. The molecule has 1 saturated heterocycles. The van der Waals surface area contributed by atoms with Crippen molar-refractivity contribution in [2.45, 2.75) is 50.8 Å². The van der Waals surface area contributed by atoms with Crippen LogP contribution in [-0.2, 0) is 14.3 Å². The number of hydrogen-bond acceptors (Lipinski definition) is 4. The van der Waals surface area contributed by atoms with E-state index < -0.39 is 23.2 Å². The Morgan fingerprint density at radius 3 is 2.42 bits per heavy atom. The minimum Gasteiger partial charge on any atom is -0.479 e. The van der Waals surface area contributed by atoms with E-state index in [4.69, 9.17) is 9.47 Å². The number of carboxylic acid groups (broad SMARTS) is 1. The van der Waals surface area contributed by atoms with E-state index in [0.29, 0.717) is 12.8 Å². The van der Waals surface area contributed by atoms with Crippen LogP contribution < -0.4 is 0 Å². The predicted molar refractivity (Wildman–Crippen MR) is 88.7 cm³/mol. The van der Waals surface area contributed by atoms with Crippen LogP contribution in [0.2, 0.25) is 0 Å². The zero-order valence-corrected chi connectivity index (χ0v) is 14.6. The lowest BCUT2D eigenvalue weighted by Gasteiger charge is -2.38. The van der Waals surface area contributed by atoms with E-state index in [2.05, 4.69) is 0 Å². The van der Waals surface area contributed by atoms with Crippen LogP contribution >= 0.6 is 0 Å². The fourth-order valence-electron chi connectivity index (χ4n) is 3.18. The summed E-state index contributed by atoms with van der Waals surface area (Å²) >= 11 is 0. The average molecular weight is 335 g/mol. The molecule has 0 spiro atoms. The van der Waals surface area contributed by atoms with Gasteiger partial charge in [-0.25, -0.2) is 9.59 Å².